The minimum absolute atomic E-state index is 0.272. The van der Waals surface area contributed by atoms with E-state index < -0.39 is 5.60 Å². The smallest absolute Gasteiger partial charge is 0.0936 e. The van der Waals surface area contributed by atoms with E-state index in [1.54, 1.807) is 0 Å². The van der Waals surface area contributed by atoms with E-state index in [1.807, 2.05) is 18.2 Å². The van der Waals surface area contributed by atoms with E-state index in [4.69, 9.17) is 0 Å². The topological polar surface area (TPSA) is 23.5 Å². The molecule has 0 saturated heterocycles. The lowest BCUT2D eigenvalue weighted by Gasteiger charge is -2.44. The lowest BCUT2D eigenvalue weighted by molar-refractivity contribution is -0.0752. The van der Waals surface area contributed by atoms with Gasteiger partial charge in [0.1, 0.15) is 0 Å². The molecule has 1 fully saturated rings. The van der Waals surface area contributed by atoms with Crippen LogP contribution in [0.25, 0.3) is 0 Å². The van der Waals surface area contributed by atoms with E-state index in [-0.39, 0.29) is 5.92 Å². The van der Waals surface area contributed by atoms with Gasteiger partial charge in [-0.1, -0.05) is 60.2 Å². The molecule has 0 radical (unpaired) electrons. The van der Waals surface area contributed by atoms with E-state index in [0.717, 1.165) is 37.8 Å². The van der Waals surface area contributed by atoms with Crippen molar-refractivity contribution in [2.45, 2.75) is 38.2 Å². The Labute approximate surface area is 152 Å². The van der Waals surface area contributed by atoms with Gasteiger partial charge in [0.05, 0.1) is 5.60 Å². The van der Waals surface area contributed by atoms with Gasteiger partial charge >= 0.3 is 0 Å². The highest BCUT2D eigenvalue weighted by molar-refractivity contribution is 5.25. The van der Waals surface area contributed by atoms with Crippen molar-refractivity contribution in [3.8, 4) is 0 Å². The third-order valence-electron chi connectivity index (χ3n) is 5.73. The molecular weight excluding hydrogens is 306 g/mol. The summed E-state index contributed by atoms with van der Waals surface area (Å²) >= 11 is 0. The Morgan fingerprint density at radius 2 is 1.72 bits per heavy atom. The van der Waals surface area contributed by atoms with Crippen LogP contribution < -0.4 is 0 Å². The Morgan fingerprint density at radius 3 is 2.36 bits per heavy atom. The van der Waals surface area contributed by atoms with Gasteiger partial charge in [-0.25, -0.2) is 0 Å². The molecule has 1 N–H and O–H groups in total. The monoisotopic (exact) mass is 337 g/mol. The Morgan fingerprint density at radius 1 is 1.04 bits per heavy atom. The van der Waals surface area contributed by atoms with Crippen LogP contribution in [-0.4, -0.2) is 30.6 Å². The van der Waals surface area contributed by atoms with Crippen LogP contribution in [0, 0.1) is 18.8 Å². The summed E-state index contributed by atoms with van der Waals surface area (Å²) in [4.78, 5) is 2.22. The van der Waals surface area contributed by atoms with Crippen LogP contribution in [0.4, 0.5) is 0 Å². The van der Waals surface area contributed by atoms with E-state index in [2.05, 4.69) is 62.3 Å². The number of aryl methyl sites for hydroxylation is 1. The summed E-state index contributed by atoms with van der Waals surface area (Å²) in [5.41, 5.74) is 3.12. The van der Waals surface area contributed by atoms with Crippen molar-refractivity contribution < 1.29 is 5.11 Å². The lowest BCUT2D eigenvalue weighted by atomic mass is 9.66. The molecular formula is C23H31NO. The van der Waals surface area contributed by atoms with E-state index in [9.17, 15) is 5.11 Å². The predicted octanol–water partition coefficient (Wildman–Crippen LogP) is 4.40. The Bertz CT molecular complexity index is 664. The molecule has 2 aromatic rings. The second-order valence-corrected chi connectivity index (χ2v) is 8.08. The summed E-state index contributed by atoms with van der Waals surface area (Å²) < 4.78 is 0. The highest BCUT2D eigenvalue weighted by Crippen LogP contribution is 2.45. The largest absolute Gasteiger partial charge is 0.385 e. The predicted molar refractivity (Wildman–Crippen MR) is 105 cm³/mol. The molecule has 3 unspecified atom stereocenters. The standard InChI is InChI=1S/C23H31NO/c1-18-9-11-19(12-10-18)15-20-13-14-23(25,21-7-5-4-6-8-21)22(16-20)17-24(2)3/h4-12,20,22,25H,13-17H2,1-3H3. The molecule has 1 aliphatic carbocycles. The zero-order valence-corrected chi connectivity index (χ0v) is 15.8. The number of hydrogen-bond acceptors (Lipinski definition) is 2. The quantitative estimate of drug-likeness (QED) is 0.874. The van der Waals surface area contributed by atoms with Gasteiger partial charge < -0.3 is 10.0 Å². The van der Waals surface area contributed by atoms with Gasteiger partial charge in [-0.15, -0.1) is 0 Å². The Kier molecular flexibility index (Phi) is 5.61. The maximum Gasteiger partial charge on any atom is 0.0936 e. The van der Waals surface area contributed by atoms with Crippen LogP contribution >= 0.6 is 0 Å². The van der Waals surface area contributed by atoms with Crippen LogP contribution in [-0.2, 0) is 12.0 Å². The number of nitrogens with zero attached hydrogens (tertiary/aromatic N) is 1. The first-order valence-electron chi connectivity index (χ1n) is 9.45. The highest BCUT2D eigenvalue weighted by Gasteiger charge is 2.43. The minimum Gasteiger partial charge on any atom is -0.385 e. The van der Waals surface area contributed by atoms with Gasteiger partial charge in [0.15, 0.2) is 0 Å². The maximum absolute atomic E-state index is 11.5. The van der Waals surface area contributed by atoms with Gasteiger partial charge in [-0.2, -0.15) is 0 Å². The fraction of sp³-hybridized carbons (Fsp3) is 0.478. The van der Waals surface area contributed by atoms with Gasteiger partial charge in [0, 0.05) is 12.5 Å². The molecule has 0 heterocycles. The van der Waals surface area contributed by atoms with Crippen molar-refractivity contribution in [1.82, 2.24) is 4.90 Å². The Hall–Kier alpha value is -1.64. The van der Waals surface area contributed by atoms with E-state index in [1.165, 1.54) is 11.1 Å². The van der Waals surface area contributed by atoms with Crippen molar-refractivity contribution in [2.75, 3.05) is 20.6 Å². The van der Waals surface area contributed by atoms with Crippen molar-refractivity contribution in [2.24, 2.45) is 11.8 Å². The molecule has 0 aromatic heterocycles. The second kappa shape index (κ2) is 7.72. The molecule has 134 valence electrons. The molecule has 2 nitrogen and oxygen atoms in total. The maximum atomic E-state index is 11.5. The first kappa shape index (κ1) is 18.2. The minimum atomic E-state index is -0.699. The summed E-state index contributed by atoms with van der Waals surface area (Å²) in [5, 5.41) is 11.5. The van der Waals surface area contributed by atoms with Gasteiger partial charge in [0.25, 0.3) is 0 Å². The van der Waals surface area contributed by atoms with Gasteiger partial charge in [-0.3, -0.25) is 0 Å². The first-order valence-corrected chi connectivity index (χ1v) is 9.45. The third-order valence-corrected chi connectivity index (χ3v) is 5.73. The molecule has 3 rings (SSSR count). The molecule has 2 aromatic carbocycles. The first-order chi connectivity index (χ1) is 12.0. The molecule has 0 aliphatic heterocycles. The van der Waals surface area contributed by atoms with E-state index >= 15 is 0 Å². The molecule has 1 saturated carbocycles. The van der Waals surface area contributed by atoms with Crippen LogP contribution in [0.3, 0.4) is 0 Å². The fourth-order valence-electron chi connectivity index (χ4n) is 4.36. The van der Waals surface area contributed by atoms with Crippen molar-refractivity contribution in [3.63, 3.8) is 0 Å². The summed E-state index contributed by atoms with van der Waals surface area (Å²) in [6, 6.07) is 19.2. The number of benzene rings is 2. The van der Waals surface area contributed by atoms with Gasteiger partial charge in [-0.05, 0) is 63.7 Å². The number of rotatable bonds is 5. The van der Waals surface area contributed by atoms with Crippen molar-refractivity contribution in [3.05, 3.63) is 71.3 Å². The third kappa shape index (κ3) is 4.31. The Balaban J connectivity index is 1.77. The van der Waals surface area contributed by atoms with Crippen molar-refractivity contribution >= 4 is 0 Å². The summed E-state index contributed by atoms with van der Waals surface area (Å²) in [5.74, 6) is 0.922. The average Bonchev–Trinajstić information content (AvgIpc) is 2.60. The highest BCUT2D eigenvalue weighted by atomic mass is 16.3. The molecule has 3 atom stereocenters. The van der Waals surface area contributed by atoms with Crippen LogP contribution in [0.2, 0.25) is 0 Å². The second-order valence-electron chi connectivity index (χ2n) is 8.08. The average molecular weight is 338 g/mol. The summed E-state index contributed by atoms with van der Waals surface area (Å²) in [6.07, 6.45) is 4.14. The SMILES string of the molecule is Cc1ccc(CC2CCC(O)(c3ccccc3)C(CN(C)C)C2)cc1. The van der Waals surface area contributed by atoms with E-state index in [0.29, 0.717) is 5.92 Å². The summed E-state index contributed by atoms with van der Waals surface area (Å²) in [7, 11) is 4.21. The molecule has 25 heavy (non-hydrogen) atoms. The molecule has 1 aliphatic rings. The normalized spacial score (nSPS) is 26.8. The number of aliphatic hydroxyl groups is 1. The molecule has 0 spiro atoms. The zero-order valence-electron chi connectivity index (χ0n) is 15.8. The van der Waals surface area contributed by atoms with Crippen LogP contribution in [0.5, 0.6) is 0 Å². The zero-order chi connectivity index (χ0) is 17.9. The van der Waals surface area contributed by atoms with Crippen LogP contribution in [0.1, 0.15) is 36.0 Å². The molecule has 0 amide bonds. The summed E-state index contributed by atoms with van der Waals surface area (Å²) in [6.45, 7) is 3.06. The van der Waals surface area contributed by atoms with Crippen LogP contribution in [0.15, 0.2) is 54.6 Å². The van der Waals surface area contributed by atoms with Crippen molar-refractivity contribution in [1.29, 1.82) is 0 Å². The molecule has 0 bridgehead atoms. The number of hydrogen-bond donors (Lipinski definition) is 1. The van der Waals surface area contributed by atoms with Gasteiger partial charge in [0.2, 0.25) is 0 Å². The fourth-order valence-corrected chi connectivity index (χ4v) is 4.36. The molecule has 2 heteroatoms. The lowest BCUT2D eigenvalue weighted by Crippen LogP contribution is -2.45.